The molecular formula is C16H25NO. The number of hydrogen-bond donors (Lipinski definition) is 0. The van der Waals surface area contributed by atoms with Crippen molar-refractivity contribution in [1.29, 1.82) is 0 Å². The van der Waals surface area contributed by atoms with E-state index in [1.807, 2.05) is 6.92 Å². The lowest BCUT2D eigenvalue weighted by Gasteiger charge is -2.14. The van der Waals surface area contributed by atoms with E-state index in [0.717, 1.165) is 12.8 Å². The average molecular weight is 247 g/mol. The van der Waals surface area contributed by atoms with E-state index in [0.29, 0.717) is 6.54 Å². The summed E-state index contributed by atoms with van der Waals surface area (Å²) in [6.45, 7) is 12.4. The molecule has 2 nitrogen and oxygen atoms in total. The monoisotopic (exact) mass is 247 g/mol. The molecule has 0 saturated heterocycles. The highest BCUT2D eigenvalue weighted by atomic mass is 16.2. The molecule has 0 N–H and O–H groups in total. The molecule has 0 aliphatic carbocycles. The molecule has 0 spiro atoms. The minimum absolute atomic E-state index is 0.0270. The van der Waals surface area contributed by atoms with Crippen molar-refractivity contribution in [2.75, 3.05) is 6.54 Å². The van der Waals surface area contributed by atoms with Crippen molar-refractivity contribution >= 4 is 5.91 Å². The third kappa shape index (κ3) is 7.66. The minimum atomic E-state index is -0.0270. The third-order valence-electron chi connectivity index (χ3n) is 2.54. The summed E-state index contributed by atoms with van der Waals surface area (Å²) in [4.78, 5) is 13.2. The van der Waals surface area contributed by atoms with Crippen LogP contribution in [0.2, 0.25) is 0 Å². The Balaban J connectivity index is 4.28. The quantitative estimate of drug-likeness (QED) is 0.487. The number of allylic oxidation sites excluding steroid dienone is 4. The van der Waals surface area contributed by atoms with Gasteiger partial charge >= 0.3 is 0 Å². The standard InChI is InChI=1S/C16H25NO/c1-6-9-16(18)17(7-2)13-12-15(5)11-8-10-14(3)4/h6-7,9-10,12H,2,8,11,13H2,1,3-5H3. The van der Waals surface area contributed by atoms with Crippen LogP contribution < -0.4 is 0 Å². The number of amides is 1. The Labute approximate surface area is 111 Å². The maximum Gasteiger partial charge on any atom is 0.250 e. The zero-order chi connectivity index (χ0) is 14.0. The molecule has 0 atom stereocenters. The van der Waals surface area contributed by atoms with Crippen LogP contribution in [0.1, 0.15) is 40.5 Å². The fourth-order valence-electron chi connectivity index (χ4n) is 1.44. The van der Waals surface area contributed by atoms with Crippen molar-refractivity contribution in [2.24, 2.45) is 0 Å². The molecule has 0 fully saturated rings. The first-order chi connectivity index (χ1) is 8.51. The Morgan fingerprint density at radius 3 is 2.39 bits per heavy atom. The van der Waals surface area contributed by atoms with Crippen LogP contribution in [-0.4, -0.2) is 17.4 Å². The molecule has 0 bridgehead atoms. The molecule has 2 heteroatoms. The van der Waals surface area contributed by atoms with Crippen LogP contribution >= 0.6 is 0 Å². The summed E-state index contributed by atoms with van der Waals surface area (Å²) < 4.78 is 0. The highest BCUT2D eigenvalue weighted by Gasteiger charge is 2.03. The van der Waals surface area contributed by atoms with Gasteiger partial charge in [-0.2, -0.15) is 0 Å². The van der Waals surface area contributed by atoms with Gasteiger partial charge in [0.25, 0.3) is 0 Å². The van der Waals surface area contributed by atoms with Crippen molar-refractivity contribution < 1.29 is 4.79 Å². The molecule has 0 aromatic carbocycles. The van der Waals surface area contributed by atoms with Crippen LogP contribution in [0.25, 0.3) is 0 Å². The van der Waals surface area contributed by atoms with Crippen molar-refractivity contribution in [1.82, 2.24) is 4.90 Å². The van der Waals surface area contributed by atoms with E-state index in [-0.39, 0.29) is 5.91 Å². The second-order valence-corrected chi connectivity index (χ2v) is 4.54. The molecule has 0 heterocycles. The second kappa shape index (κ2) is 9.46. The van der Waals surface area contributed by atoms with Gasteiger partial charge in [-0.1, -0.05) is 36.0 Å². The number of rotatable bonds is 7. The molecule has 1 amide bonds. The van der Waals surface area contributed by atoms with Crippen molar-refractivity contribution in [2.45, 2.75) is 40.5 Å². The van der Waals surface area contributed by atoms with Gasteiger partial charge < -0.3 is 4.90 Å². The van der Waals surface area contributed by atoms with Crippen LogP contribution in [0.5, 0.6) is 0 Å². The molecule has 100 valence electrons. The van der Waals surface area contributed by atoms with Crippen LogP contribution in [-0.2, 0) is 4.79 Å². The van der Waals surface area contributed by atoms with Crippen molar-refractivity contribution in [3.63, 3.8) is 0 Å². The first-order valence-corrected chi connectivity index (χ1v) is 6.36. The minimum Gasteiger partial charge on any atom is -0.312 e. The highest BCUT2D eigenvalue weighted by Crippen LogP contribution is 2.07. The molecule has 0 aromatic rings. The summed E-state index contributed by atoms with van der Waals surface area (Å²) in [5.41, 5.74) is 2.64. The molecule has 0 rings (SSSR count). The normalized spacial score (nSPS) is 11.4. The molecule has 0 unspecified atom stereocenters. The molecule has 0 saturated carbocycles. The topological polar surface area (TPSA) is 20.3 Å². The van der Waals surface area contributed by atoms with Gasteiger partial charge in [-0.3, -0.25) is 4.79 Å². The fraction of sp³-hybridized carbons (Fsp3) is 0.438. The summed E-state index contributed by atoms with van der Waals surface area (Å²) in [5, 5.41) is 0. The maximum absolute atomic E-state index is 11.6. The second-order valence-electron chi connectivity index (χ2n) is 4.54. The predicted molar refractivity (Wildman–Crippen MR) is 79.1 cm³/mol. The number of nitrogens with zero attached hydrogens (tertiary/aromatic N) is 1. The summed E-state index contributed by atoms with van der Waals surface area (Å²) >= 11 is 0. The van der Waals surface area contributed by atoms with Crippen molar-refractivity contribution in [3.8, 4) is 0 Å². The summed E-state index contributed by atoms with van der Waals surface area (Å²) in [5.74, 6) is -0.0270. The van der Waals surface area contributed by atoms with E-state index in [2.05, 4.69) is 39.5 Å². The lowest BCUT2D eigenvalue weighted by Crippen LogP contribution is -2.23. The number of carbonyl (C=O) groups excluding carboxylic acids is 1. The SMILES string of the molecule is C=CN(CC=C(C)CCC=C(C)C)C(=O)C=CC. The first kappa shape index (κ1) is 16.4. The molecule has 0 aliphatic rings. The van der Waals surface area contributed by atoms with Gasteiger partial charge in [0, 0.05) is 12.7 Å². The Hall–Kier alpha value is -1.57. The Morgan fingerprint density at radius 1 is 1.22 bits per heavy atom. The highest BCUT2D eigenvalue weighted by molar-refractivity contribution is 5.88. The molecule has 0 radical (unpaired) electrons. The predicted octanol–water partition coefficient (Wildman–Crippen LogP) is 4.23. The van der Waals surface area contributed by atoms with Gasteiger partial charge in [-0.15, -0.1) is 0 Å². The number of hydrogen-bond acceptors (Lipinski definition) is 1. The van der Waals surface area contributed by atoms with E-state index >= 15 is 0 Å². The van der Waals surface area contributed by atoms with Gasteiger partial charge in [0.05, 0.1) is 0 Å². The summed E-state index contributed by atoms with van der Waals surface area (Å²) in [7, 11) is 0. The third-order valence-corrected chi connectivity index (χ3v) is 2.54. The van der Waals surface area contributed by atoms with Gasteiger partial charge in [-0.05, 0) is 46.6 Å². The van der Waals surface area contributed by atoms with Gasteiger partial charge in [0.2, 0.25) is 5.91 Å². The molecular weight excluding hydrogens is 222 g/mol. The molecule has 18 heavy (non-hydrogen) atoms. The van der Waals surface area contributed by atoms with Crippen LogP contribution in [0.4, 0.5) is 0 Å². The van der Waals surface area contributed by atoms with Gasteiger partial charge in [-0.25, -0.2) is 0 Å². The smallest absolute Gasteiger partial charge is 0.250 e. The molecule has 0 aromatic heterocycles. The van der Waals surface area contributed by atoms with Crippen molar-refractivity contribution in [3.05, 3.63) is 48.2 Å². The first-order valence-electron chi connectivity index (χ1n) is 6.36. The maximum atomic E-state index is 11.6. The van der Waals surface area contributed by atoms with E-state index < -0.39 is 0 Å². The summed E-state index contributed by atoms with van der Waals surface area (Å²) in [6.07, 6.45) is 11.3. The fourth-order valence-corrected chi connectivity index (χ4v) is 1.44. The van der Waals surface area contributed by atoms with Gasteiger partial charge in [0.1, 0.15) is 0 Å². The lowest BCUT2D eigenvalue weighted by atomic mass is 10.1. The van der Waals surface area contributed by atoms with E-state index in [9.17, 15) is 4.79 Å². The molecule has 0 aliphatic heterocycles. The van der Waals surface area contributed by atoms with E-state index in [1.54, 1.807) is 23.3 Å². The van der Waals surface area contributed by atoms with Gasteiger partial charge in [0.15, 0.2) is 0 Å². The van der Waals surface area contributed by atoms with E-state index in [4.69, 9.17) is 0 Å². The average Bonchev–Trinajstić information content (AvgIpc) is 2.29. The van der Waals surface area contributed by atoms with Crippen LogP contribution in [0.3, 0.4) is 0 Å². The largest absolute Gasteiger partial charge is 0.312 e. The summed E-state index contributed by atoms with van der Waals surface area (Å²) in [6, 6.07) is 0. The van der Waals surface area contributed by atoms with Crippen LogP contribution in [0, 0.1) is 0 Å². The zero-order valence-electron chi connectivity index (χ0n) is 12.1. The number of carbonyl (C=O) groups is 1. The Bertz CT molecular complexity index is 357. The van der Waals surface area contributed by atoms with E-state index in [1.165, 1.54) is 11.1 Å². The Kier molecular flexibility index (Phi) is 8.63. The lowest BCUT2D eigenvalue weighted by molar-refractivity contribution is -0.123. The Morgan fingerprint density at radius 2 is 1.89 bits per heavy atom. The zero-order valence-corrected chi connectivity index (χ0v) is 12.1. The van der Waals surface area contributed by atoms with Crippen LogP contribution in [0.15, 0.2) is 48.2 Å².